The Morgan fingerprint density at radius 2 is 2.42 bits per heavy atom. The van der Waals surface area contributed by atoms with Crippen LogP contribution in [-0.2, 0) is 4.74 Å². The van der Waals surface area contributed by atoms with Gasteiger partial charge in [-0.05, 0) is 32.1 Å². The van der Waals surface area contributed by atoms with Gasteiger partial charge in [0.1, 0.15) is 0 Å². The van der Waals surface area contributed by atoms with Gasteiger partial charge in [0.15, 0.2) is 0 Å². The number of methoxy groups -OCH3 is 1. The van der Waals surface area contributed by atoms with E-state index in [2.05, 4.69) is 11.4 Å². The molecule has 0 aromatic rings. The first-order valence-corrected chi connectivity index (χ1v) is 4.85. The Morgan fingerprint density at radius 3 is 3.08 bits per heavy atom. The highest BCUT2D eigenvalue weighted by molar-refractivity contribution is 5.02. The maximum atomic E-state index is 4.97. The van der Waals surface area contributed by atoms with Gasteiger partial charge in [0.2, 0.25) is 0 Å². The molecular weight excluding hydrogens is 150 g/mol. The normalized spacial score (nSPS) is 17.2. The molecule has 2 nitrogen and oxygen atoms in total. The van der Waals surface area contributed by atoms with Crippen LogP contribution in [0.25, 0.3) is 0 Å². The number of rotatable bonds is 5. The zero-order chi connectivity index (χ0) is 8.65. The fraction of sp³-hybridized carbons (Fsp3) is 0.800. The summed E-state index contributed by atoms with van der Waals surface area (Å²) < 4.78 is 4.97. The molecule has 0 spiro atoms. The van der Waals surface area contributed by atoms with Crippen LogP contribution in [0, 0.1) is 0 Å². The molecule has 1 N–H and O–H groups in total. The molecule has 0 unspecified atom stereocenters. The smallest absolute Gasteiger partial charge is 0.0479 e. The van der Waals surface area contributed by atoms with Crippen molar-refractivity contribution in [1.82, 2.24) is 5.32 Å². The van der Waals surface area contributed by atoms with E-state index >= 15 is 0 Å². The van der Waals surface area contributed by atoms with Crippen LogP contribution in [0.15, 0.2) is 11.8 Å². The summed E-state index contributed by atoms with van der Waals surface area (Å²) in [5.74, 6) is 0. The highest BCUT2D eigenvalue weighted by atomic mass is 16.5. The molecule has 0 radical (unpaired) electrons. The predicted molar refractivity (Wildman–Crippen MR) is 51.0 cm³/mol. The van der Waals surface area contributed by atoms with E-state index in [-0.39, 0.29) is 0 Å². The SMILES string of the molecule is COCCCNC1=CCCCC1. The molecule has 1 rings (SSSR count). The fourth-order valence-electron chi connectivity index (χ4n) is 1.46. The second kappa shape index (κ2) is 6.06. The third-order valence-corrected chi connectivity index (χ3v) is 2.17. The Bertz CT molecular complexity index is 143. The lowest BCUT2D eigenvalue weighted by atomic mass is 10.0. The molecule has 0 bridgehead atoms. The molecule has 0 aromatic carbocycles. The van der Waals surface area contributed by atoms with Crippen LogP contribution in [0.3, 0.4) is 0 Å². The lowest BCUT2D eigenvalue weighted by Crippen LogP contribution is -2.17. The molecule has 1 aliphatic carbocycles. The lowest BCUT2D eigenvalue weighted by molar-refractivity contribution is 0.195. The first-order valence-electron chi connectivity index (χ1n) is 4.85. The van der Waals surface area contributed by atoms with Crippen molar-refractivity contribution in [2.75, 3.05) is 20.3 Å². The van der Waals surface area contributed by atoms with Crippen molar-refractivity contribution < 1.29 is 4.74 Å². The number of nitrogens with one attached hydrogen (secondary N) is 1. The van der Waals surface area contributed by atoms with Crippen LogP contribution >= 0.6 is 0 Å². The summed E-state index contributed by atoms with van der Waals surface area (Å²) in [6, 6.07) is 0. The summed E-state index contributed by atoms with van der Waals surface area (Å²) in [7, 11) is 1.75. The summed E-state index contributed by atoms with van der Waals surface area (Å²) in [4.78, 5) is 0. The van der Waals surface area contributed by atoms with Crippen LogP contribution in [0.5, 0.6) is 0 Å². The predicted octanol–water partition coefficient (Wildman–Crippen LogP) is 2.07. The van der Waals surface area contributed by atoms with Crippen LogP contribution in [0.2, 0.25) is 0 Å². The van der Waals surface area contributed by atoms with Crippen molar-refractivity contribution in [3.05, 3.63) is 11.8 Å². The van der Waals surface area contributed by atoms with E-state index in [1.807, 2.05) is 0 Å². The Balaban J connectivity index is 2.01. The van der Waals surface area contributed by atoms with Crippen LogP contribution in [0.4, 0.5) is 0 Å². The largest absolute Gasteiger partial charge is 0.389 e. The molecule has 0 aromatic heterocycles. The molecule has 0 amide bonds. The monoisotopic (exact) mass is 169 g/mol. The topological polar surface area (TPSA) is 21.3 Å². The minimum atomic E-state index is 0.861. The van der Waals surface area contributed by atoms with Crippen molar-refractivity contribution in [2.24, 2.45) is 0 Å². The van der Waals surface area contributed by atoms with Gasteiger partial charge in [0.25, 0.3) is 0 Å². The Morgan fingerprint density at radius 1 is 1.50 bits per heavy atom. The van der Waals surface area contributed by atoms with Gasteiger partial charge in [-0.15, -0.1) is 0 Å². The highest BCUT2D eigenvalue weighted by Crippen LogP contribution is 2.14. The van der Waals surface area contributed by atoms with E-state index in [4.69, 9.17) is 4.74 Å². The summed E-state index contributed by atoms with van der Waals surface area (Å²) in [6.45, 7) is 1.92. The third kappa shape index (κ3) is 3.77. The second-order valence-corrected chi connectivity index (χ2v) is 3.25. The average Bonchev–Trinajstić information content (AvgIpc) is 2.14. The fourth-order valence-corrected chi connectivity index (χ4v) is 1.46. The first-order chi connectivity index (χ1) is 5.93. The van der Waals surface area contributed by atoms with Gasteiger partial charge in [0.05, 0.1) is 0 Å². The van der Waals surface area contributed by atoms with Crippen molar-refractivity contribution >= 4 is 0 Å². The van der Waals surface area contributed by atoms with E-state index in [1.165, 1.54) is 31.4 Å². The van der Waals surface area contributed by atoms with Gasteiger partial charge in [-0.2, -0.15) is 0 Å². The van der Waals surface area contributed by atoms with Crippen LogP contribution in [-0.4, -0.2) is 20.3 Å². The highest BCUT2D eigenvalue weighted by Gasteiger charge is 2.01. The van der Waals surface area contributed by atoms with E-state index in [0.717, 1.165) is 19.6 Å². The lowest BCUT2D eigenvalue weighted by Gasteiger charge is -2.14. The summed E-state index contributed by atoms with van der Waals surface area (Å²) in [5, 5.41) is 3.44. The standard InChI is InChI=1S/C10H19NO/c1-12-9-5-8-11-10-6-3-2-4-7-10/h6,11H,2-5,7-9H2,1H3. The van der Waals surface area contributed by atoms with E-state index in [1.54, 1.807) is 7.11 Å². The second-order valence-electron chi connectivity index (χ2n) is 3.25. The van der Waals surface area contributed by atoms with E-state index in [0.29, 0.717) is 0 Å². The van der Waals surface area contributed by atoms with Crippen LogP contribution < -0.4 is 5.32 Å². The van der Waals surface area contributed by atoms with Gasteiger partial charge in [-0.1, -0.05) is 6.08 Å². The maximum Gasteiger partial charge on any atom is 0.0479 e. The summed E-state index contributed by atoms with van der Waals surface area (Å²) >= 11 is 0. The average molecular weight is 169 g/mol. The molecule has 12 heavy (non-hydrogen) atoms. The summed E-state index contributed by atoms with van der Waals surface area (Å²) in [5.41, 5.74) is 1.44. The van der Waals surface area contributed by atoms with Gasteiger partial charge < -0.3 is 10.1 Å². The summed E-state index contributed by atoms with van der Waals surface area (Å²) in [6.07, 6.45) is 8.65. The first kappa shape index (κ1) is 9.59. The number of hydrogen-bond acceptors (Lipinski definition) is 2. The van der Waals surface area contributed by atoms with Gasteiger partial charge in [-0.3, -0.25) is 0 Å². The molecule has 2 heteroatoms. The number of ether oxygens (including phenoxy) is 1. The molecule has 0 saturated carbocycles. The Kier molecular flexibility index (Phi) is 4.85. The number of allylic oxidation sites excluding steroid dienone is 2. The molecule has 0 heterocycles. The molecule has 70 valence electrons. The van der Waals surface area contributed by atoms with Crippen LogP contribution in [0.1, 0.15) is 32.1 Å². The van der Waals surface area contributed by atoms with Crippen molar-refractivity contribution in [1.29, 1.82) is 0 Å². The van der Waals surface area contributed by atoms with Crippen molar-refractivity contribution in [3.8, 4) is 0 Å². The molecule has 0 aliphatic heterocycles. The zero-order valence-electron chi connectivity index (χ0n) is 7.94. The number of hydrogen-bond donors (Lipinski definition) is 1. The zero-order valence-corrected chi connectivity index (χ0v) is 7.94. The van der Waals surface area contributed by atoms with Gasteiger partial charge in [0, 0.05) is 26.0 Å². The van der Waals surface area contributed by atoms with Crippen molar-refractivity contribution in [2.45, 2.75) is 32.1 Å². The maximum absolute atomic E-state index is 4.97. The minimum absolute atomic E-state index is 0.861. The molecular formula is C10H19NO. The molecule has 0 saturated heterocycles. The van der Waals surface area contributed by atoms with Gasteiger partial charge >= 0.3 is 0 Å². The van der Waals surface area contributed by atoms with E-state index < -0.39 is 0 Å². The molecule has 0 atom stereocenters. The Labute approximate surface area is 75.0 Å². The molecule has 0 fully saturated rings. The minimum Gasteiger partial charge on any atom is -0.389 e. The quantitative estimate of drug-likeness (QED) is 0.636. The third-order valence-electron chi connectivity index (χ3n) is 2.17. The van der Waals surface area contributed by atoms with Crippen molar-refractivity contribution in [3.63, 3.8) is 0 Å². The Hall–Kier alpha value is -0.500. The van der Waals surface area contributed by atoms with Gasteiger partial charge in [-0.25, -0.2) is 0 Å². The molecule has 1 aliphatic rings. The van der Waals surface area contributed by atoms with E-state index in [9.17, 15) is 0 Å².